The molecule has 5 heteroatoms. The zero-order chi connectivity index (χ0) is 16.9. The van der Waals surface area contributed by atoms with E-state index >= 15 is 0 Å². The van der Waals surface area contributed by atoms with E-state index < -0.39 is 0 Å². The van der Waals surface area contributed by atoms with Gasteiger partial charge >= 0.3 is 0 Å². The van der Waals surface area contributed by atoms with Gasteiger partial charge in [-0.2, -0.15) is 0 Å². The summed E-state index contributed by atoms with van der Waals surface area (Å²) in [7, 11) is 0. The molecule has 0 aliphatic heterocycles. The molecule has 0 unspecified atom stereocenters. The Kier molecular flexibility index (Phi) is 4.91. The quantitative estimate of drug-likeness (QED) is 0.691. The summed E-state index contributed by atoms with van der Waals surface area (Å²) in [5.41, 5.74) is 2.55. The Labute approximate surface area is 143 Å². The number of amides is 1. The number of benzene rings is 2. The van der Waals surface area contributed by atoms with Crippen LogP contribution in [-0.4, -0.2) is 17.1 Å². The molecule has 0 atom stereocenters. The lowest BCUT2D eigenvalue weighted by molar-refractivity contribution is 0.102. The molecule has 1 N–H and O–H groups in total. The van der Waals surface area contributed by atoms with Gasteiger partial charge in [0.1, 0.15) is 5.82 Å². The van der Waals surface area contributed by atoms with Crippen LogP contribution in [0.1, 0.15) is 10.4 Å². The minimum Gasteiger partial charge on any atom is -0.320 e. The fraction of sp³-hybridized carbons (Fsp3) is 0.0526. The number of anilines is 1. The van der Waals surface area contributed by atoms with Crippen LogP contribution < -0.4 is 5.32 Å². The number of hydrogen-bond acceptors (Lipinski definition) is 3. The van der Waals surface area contributed by atoms with E-state index in [2.05, 4.69) is 10.3 Å². The van der Waals surface area contributed by atoms with E-state index in [9.17, 15) is 9.18 Å². The molecule has 3 nitrogen and oxygen atoms in total. The summed E-state index contributed by atoms with van der Waals surface area (Å²) in [5, 5.41) is 2.88. The fourth-order valence-electron chi connectivity index (χ4n) is 2.42. The molecule has 0 saturated carbocycles. The van der Waals surface area contributed by atoms with E-state index in [1.807, 2.05) is 24.5 Å². The topological polar surface area (TPSA) is 42.0 Å². The first-order valence-corrected chi connectivity index (χ1v) is 8.56. The van der Waals surface area contributed by atoms with Crippen LogP contribution in [0.15, 0.2) is 71.9 Å². The predicted octanol–water partition coefficient (Wildman–Crippen LogP) is 4.86. The van der Waals surface area contributed by atoms with Gasteiger partial charge < -0.3 is 5.32 Å². The standard InChI is InChI=1S/C19H15FN2OS/c1-24-18-8-3-2-7-16(18)19(23)22-17-12-21-10-9-15(17)13-5-4-6-14(20)11-13/h2-12H,1H3,(H,22,23). The molecule has 0 aliphatic carbocycles. The van der Waals surface area contributed by atoms with Crippen LogP contribution in [0.3, 0.4) is 0 Å². The van der Waals surface area contributed by atoms with E-state index in [0.717, 1.165) is 10.5 Å². The highest BCUT2D eigenvalue weighted by molar-refractivity contribution is 7.98. The Balaban J connectivity index is 1.95. The molecular weight excluding hydrogens is 323 g/mol. The summed E-state index contributed by atoms with van der Waals surface area (Å²) < 4.78 is 13.5. The van der Waals surface area contributed by atoms with Crippen molar-refractivity contribution in [1.82, 2.24) is 4.98 Å². The molecule has 0 spiro atoms. The van der Waals surface area contributed by atoms with Gasteiger partial charge in [0.05, 0.1) is 17.4 Å². The molecule has 24 heavy (non-hydrogen) atoms. The van der Waals surface area contributed by atoms with Gasteiger partial charge in [0.2, 0.25) is 0 Å². The third-order valence-electron chi connectivity index (χ3n) is 3.56. The molecule has 0 bridgehead atoms. The normalized spacial score (nSPS) is 10.4. The first kappa shape index (κ1) is 16.2. The lowest BCUT2D eigenvalue weighted by Gasteiger charge is -2.12. The Hall–Kier alpha value is -2.66. The summed E-state index contributed by atoms with van der Waals surface area (Å²) in [6.07, 6.45) is 5.11. The second-order valence-electron chi connectivity index (χ2n) is 5.09. The van der Waals surface area contributed by atoms with E-state index in [0.29, 0.717) is 16.8 Å². The zero-order valence-corrected chi connectivity index (χ0v) is 13.8. The smallest absolute Gasteiger partial charge is 0.256 e. The van der Waals surface area contributed by atoms with E-state index in [1.165, 1.54) is 23.9 Å². The number of nitrogens with one attached hydrogen (secondary N) is 1. The third-order valence-corrected chi connectivity index (χ3v) is 4.35. The number of pyridine rings is 1. The Morgan fingerprint density at radius 2 is 1.96 bits per heavy atom. The molecule has 1 heterocycles. The van der Waals surface area contributed by atoms with E-state index in [4.69, 9.17) is 0 Å². The first-order valence-electron chi connectivity index (χ1n) is 7.33. The number of carbonyl (C=O) groups is 1. The molecule has 0 fully saturated rings. The van der Waals surface area contributed by atoms with Gasteiger partial charge in [0.15, 0.2) is 0 Å². The number of aromatic nitrogens is 1. The number of nitrogens with zero attached hydrogens (tertiary/aromatic N) is 1. The molecule has 1 amide bonds. The van der Waals surface area contributed by atoms with Gasteiger partial charge in [-0.25, -0.2) is 4.39 Å². The molecule has 2 aromatic carbocycles. The summed E-state index contributed by atoms with van der Waals surface area (Å²) in [6.45, 7) is 0. The van der Waals surface area contributed by atoms with Crippen LogP contribution in [0.5, 0.6) is 0 Å². The van der Waals surface area contributed by atoms with E-state index in [1.54, 1.807) is 36.7 Å². The third kappa shape index (κ3) is 3.46. The summed E-state index contributed by atoms with van der Waals surface area (Å²) in [6, 6.07) is 15.4. The maximum absolute atomic E-state index is 13.5. The van der Waals surface area contributed by atoms with Gasteiger partial charge in [-0.1, -0.05) is 24.3 Å². The predicted molar refractivity (Wildman–Crippen MR) is 95.8 cm³/mol. The highest BCUT2D eigenvalue weighted by Gasteiger charge is 2.13. The first-order chi connectivity index (χ1) is 11.7. The number of thioether (sulfide) groups is 1. The molecule has 0 aliphatic rings. The minimum atomic E-state index is -0.325. The van der Waals surface area contributed by atoms with Crippen LogP contribution in [-0.2, 0) is 0 Å². The van der Waals surface area contributed by atoms with Crippen molar-refractivity contribution in [2.24, 2.45) is 0 Å². The summed E-state index contributed by atoms with van der Waals surface area (Å²) in [4.78, 5) is 17.6. The highest BCUT2D eigenvalue weighted by atomic mass is 32.2. The van der Waals surface area contributed by atoms with Gasteiger partial charge in [-0.15, -0.1) is 11.8 Å². The minimum absolute atomic E-state index is 0.217. The maximum Gasteiger partial charge on any atom is 0.256 e. The second-order valence-corrected chi connectivity index (χ2v) is 5.93. The van der Waals surface area contributed by atoms with Crippen LogP contribution in [0.2, 0.25) is 0 Å². The zero-order valence-electron chi connectivity index (χ0n) is 13.0. The van der Waals surface area contributed by atoms with Crippen molar-refractivity contribution >= 4 is 23.4 Å². The van der Waals surface area contributed by atoms with Crippen LogP contribution in [0.4, 0.5) is 10.1 Å². The van der Waals surface area contributed by atoms with Crippen molar-refractivity contribution in [2.45, 2.75) is 4.90 Å². The summed E-state index contributed by atoms with van der Waals surface area (Å²) in [5.74, 6) is -0.542. The van der Waals surface area contributed by atoms with Crippen LogP contribution in [0, 0.1) is 5.82 Å². The molecule has 3 aromatic rings. The molecule has 120 valence electrons. The largest absolute Gasteiger partial charge is 0.320 e. The molecule has 0 saturated heterocycles. The molecule has 3 rings (SSSR count). The van der Waals surface area contributed by atoms with Crippen molar-refractivity contribution in [3.8, 4) is 11.1 Å². The molecular formula is C19H15FN2OS. The Morgan fingerprint density at radius 1 is 1.12 bits per heavy atom. The van der Waals surface area contributed by atoms with E-state index in [-0.39, 0.29) is 11.7 Å². The van der Waals surface area contributed by atoms with Crippen molar-refractivity contribution in [3.63, 3.8) is 0 Å². The molecule has 1 aromatic heterocycles. The highest BCUT2D eigenvalue weighted by Crippen LogP contribution is 2.28. The van der Waals surface area contributed by atoms with Crippen molar-refractivity contribution in [3.05, 3.63) is 78.4 Å². The fourth-order valence-corrected chi connectivity index (χ4v) is 3.02. The van der Waals surface area contributed by atoms with Crippen LogP contribution in [0.25, 0.3) is 11.1 Å². The van der Waals surface area contributed by atoms with Gasteiger partial charge in [0, 0.05) is 16.7 Å². The Morgan fingerprint density at radius 3 is 2.75 bits per heavy atom. The van der Waals surface area contributed by atoms with Gasteiger partial charge in [0.25, 0.3) is 5.91 Å². The lowest BCUT2D eigenvalue weighted by atomic mass is 10.1. The van der Waals surface area contributed by atoms with Gasteiger partial charge in [-0.3, -0.25) is 9.78 Å². The Bertz CT molecular complexity index is 883. The van der Waals surface area contributed by atoms with Crippen LogP contribution >= 0.6 is 11.8 Å². The number of carbonyl (C=O) groups excluding carboxylic acids is 1. The second kappa shape index (κ2) is 7.27. The number of hydrogen-bond donors (Lipinski definition) is 1. The SMILES string of the molecule is CSc1ccccc1C(=O)Nc1cnccc1-c1cccc(F)c1. The number of rotatable bonds is 4. The monoisotopic (exact) mass is 338 g/mol. The van der Waals surface area contributed by atoms with Gasteiger partial charge in [-0.05, 0) is 42.2 Å². The lowest BCUT2D eigenvalue weighted by Crippen LogP contribution is -2.13. The number of halogens is 1. The molecule has 0 radical (unpaired) electrons. The van der Waals surface area contributed by atoms with Crippen molar-refractivity contribution in [1.29, 1.82) is 0 Å². The summed E-state index contributed by atoms with van der Waals surface area (Å²) >= 11 is 1.51. The average molecular weight is 338 g/mol. The van der Waals surface area contributed by atoms with Crippen molar-refractivity contribution in [2.75, 3.05) is 11.6 Å². The average Bonchev–Trinajstić information content (AvgIpc) is 2.62. The maximum atomic E-state index is 13.5. The van der Waals surface area contributed by atoms with Crippen molar-refractivity contribution < 1.29 is 9.18 Å².